The van der Waals surface area contributed by atoms with Crippen LogP contribution in [0.25, 0.3) is 0 Å². The van der Waals surface area contributed by atoms with Gasteiger partial charge in [-0.1, -0.05) is 0 Å². The highest BCUT2D eigenvalue weighted by Gasteiger charge is 2.12. The molecule has 0 saturated carbocycles. The molecule has 0 rings (SSSR count). The molecular formula is C4H5NO3S. The van der Waals surface area contributed by atoms with Crippen molar-refractivity contribution in [1.29, 1.82) is 0 Å². The third-order valence-electron chi connectivity index (χ3n) is 0.667. The summed E-state index contributed by atoms with van der Waals surface area (Å²) in [5.41, 5.74) is 0. The molecule has 0 aliphatic rings. The number of hydrogen-bond donors (Lipinski definition) is 2. The SMILES string of the molecule is O=C=N[C@@H](CS)C(=O)O. The van der Waals surface area contributed by atoms with Crippen LogP contribution in [0.3, 0.4) is 0 Å². The Labute approximate surface area is 57.0 Å². The Hall–Kier alpha value is -0.800. The molecule has 0 aliphatic carbocycles. The van der Waals surface area contributed by atoms with Crippen molar-refractivity contribution in [1.82, 2.24) is 0 Å². The first-order valence-corrected chi connectivity index (χ1v) is 2.76. The fourth-order valence-corrected chi connectivity index (χ4v) is 0.476. The van der Waals surface area contributed by atoms with Gasteiger partial charge in [-0.3, -0.25) is 0 Å². The van der Waals surface area contributed by atoms with Gasteiger partial charge in [-0.15, -0.1) is 0 Å². The minimum Gasteiger partial charge on any atom is -0.480 e. The number of rotatable bonds is 3. The van der Waals surface area contributed by atoms with Crippen molar-refractivity contribution in [2.75, 3.05) is 5.75 Å². The molecule has 50 valence electrons. The number of carbonyl (C=O) groups excluding carboxylic acids is 1. The second-order valence-corrected chi connectivity index (χ2v) is 1.62. The number of nitrogens with zero attached hydrogens (tertiary/aromatic N) is 1. The smallest absolute Gasteiger partial charge is 0.330 e. The van der Waals surface area contributed by atoms with E-state index in [2.05, 4.69) is 17.6 Å². The number of aliphatic imine (C=N–C) groups is 1. The third kappa shape index (κ3) is 2.90. The lowest BCUT2D eigenvalue weighted by Gasteiger charge is -1.96. The number of thiol groups is 1. The fraction of sp³-hybridized carbons (Fsp3) is 0.500. The highest BCUT2D eigenvalue weighted by molar-refractivity contribution is 7.80. The van der Waals surface area contributed by atoms with Gasteiger partial charge < -0.3 is 5.11 Å². The predicted octanol–water partition coefficient (Wildman–Crippen LogP) is -0.295. The molecule has 0 unspecified atom stereocenters. The van der Waals surface area contributed by atoms with Crippen LogP contribution in [0.4, 0.5) is 0 Å². The zero-order valence-corrected chi connectivity index (χ0v) is 5.34. The lowest BCUT2D eigenvalue weighted by atomic mass is 10.4. The lowest BCUT2D eigenvalue weighted by Crippen LogP contribution is -2.18. The first-order valence-electron chi connectivity index (χ1n) is 2.13. The fourth-order valence-electron chi connectivity index (χ4n) is 0.238. The van der Waals surface area contributed by atoms with Crippen molar-refractivity contribution < 1.29 is 14.7 Å². The van der Waals surface area contributed by atoms with E-state index in [-0.39, 0.29) is 5.75 Å². The first kappa shape index (κ1) is 8.20. The van der Waals surface area contributed by atoms with E-state index in [0.29, 0.717) is 0 Å². The number of carbonyl (C=O) groups is 1. The second kappa shape index (κ2) is 4.12. The third-order valence-corrected chi connectivity index (χ3v) is 1.01. The molecule has 5 heteroatoms. The van der Waals surface area contributed by atoms with Gasteiger partial charge in [0, 0.05) is 5.75 Å². The summed E-state index contributed by atoms with van der Waals surface area (Å²) in [5.74, 6) is -1.14. The molecule has 0 heterocycles. The standard InChI is InChI=1S/C4H5NO3S/c6-2-5-3(1-9)4(7)8/h3,9H,1H2,(H,7,8)/t3-/m0/s1. The van der Waals surface area contributed by atoms with E-state index in [1.807, 2.05) is 0 Å². The van der Waals surface area contributed by atoms with Gasteiger partial charge in [-0.2, -0.15) is 17.6 Å². The molecule has 1 N–H and O–H groups in total. The molecule has 0 radical (unpaired) electrons. The summed E-state index contributed by atoms with van der Waals surface area (Å²) < 4.78 is 0. The summed E-state index contributed by atoms with van der Waals surface area (Å²) in [7, 11) is 0. The topological polar surface area (TPSA) is 66.7 Å². The van der Waals surface area contributed by atoms with Gasteiger partial charge in [0.1, 0.15) is 0 Å². The Kier molecular flexibility index (Phi) is 3.75. The van der Waals surface area contributed by atoms with Crippen LogP contribution in [0.1, 0.15) is 0 Å². The van der Waals surface area contributed by atoms with Crippen molar-refractivity contribution in [3.8, 4) is 0 Å². The van der Waals surface area contributed by atoms with Gasteiger partial charge >= 0.3 is 5.97 Å². The summed E-state index contributed by atoms with van der Waals surface area (Å²) in [5, 5.41) is 8.18. The van der Waals surface area contributed by atoms with Crippen LogP contribution in [0, 0.1) is 0 Å². The average molecular weight is 147 g/mol. The molecular weight excluding hydrogens is 142 g/mol. The monoisotopic (exact) mass is 147 g/mol. The maximum absolute atomic E-state index is 10.00. The van der Waals surface area contributed by atoms with Gasteiger partial charge in [-0.25, -0.2) is 9.59 Å². The van der Waals surface area contributed by atoms with E-state index >= 15 is 0 Å². The molecule has 0 bridgehead atoms. The van der Waals surface area contributed by atoms with Crippen molar-refractivity contribution in [2.24, 2.45) is 4.99 Å². The quantitative estimate of drug-likeness (QED) is 0.327. The Balaban J connectivity index is 3.98. The Morgan fingerprint density at radius 2 is 2.44 bits per heavy atom. The molecule has 0 amide bonds. The lowest BCUT2D eigenvalue weighted by molar-refractivity contribution is -0.137. The molecule has 0 aliphatic heterocycles. The zero-order valence-electron chi connectivity index (χ0n) is 4.44. The average Bonchev–Trinajstić information content (AvgIpc) is 1.82. The molecule has 1 atom stereocenters. The zero-order chi connectivity index (χ0) is 7.28. The van der Waals surface area contributed by atoms with Crippen LogP contribution in [0.15, 0.2) is 4.99 Å². The summed E-state index contributed by atoms with van der Waals surface area (Å²) in [4.78, 5) is 22.4. The van der Waals surface area contributed by atoms with E-state index in [0.717, 1.165) is 6.08 Å². The van der Waals surface area contributed by atoms with Crippen LogP contribution in [0.5, 0.6) is 0 Å². The minimum absolute atomic E-state index is 0.0184. The van der Waals surface area contributed by atoms with E-state index in [9.17, 15) is 9.59 Å². The van der Waals surface area contributed by atoms with Crippen molar-refractivity contribution >= 4 is 24.7 Å². The molecule has 0 fully saturated rings. The number of aliphatic carboxylic acids is 1. The minimum atomic E-state index is -1.16. The van der Waals surface area contributed by atoms with E-state index in [1.54, 1.807) is 0 Å². The van der Waals surface area contributed by atoms with E-state index in [4.69, 9.17) is 5.11 Å². The number of carboxylic acids is 1. The molecule has 0 aromatic heterocycles. The first-order chi connectivity index (χ1) is 4.22. The van der Waals surface area contributed by atoms with Gasteiger partial charge in [0.2, 0.25) is 6.08 Å². The van der Waals surface area contributed by atoms with Crippen LogP contribution >= 0.6 is 12.6 Å². The molecule has 9 heavy (non-hydrogen) atoms. The summed E-state index contributed by atoms with van der Waals surface area (Å²) in [6.45, 7) is 0. The van der Waals surface area contributed by atoms with Crippen LogP contribution in [-0.4, -0.2) is 29.0 Å². The number of isocyanates is 1. The predicted molar refractivity (Wildman–Crippen MR) is 33.4 cm³/mol. The van der Waals surface area contributed by atoms with Crippen LogP contribution in [0.2, 0.25) is 0 Å². The highest BCUT2D eigenvalue weighted by atomic mass is 32.1. The van der Waals surface area contributed by atoms with Crippen LogP contribution < -0.4 is 0 Å². The normalized spacial score (nSPS) is 11.7. The molecule has 0 saturated heterocycles. The van der Waals surface area contributed by atoms with Gasteiger partial charge in [0.15, 0.2) is 6.04 Å². The molecule has 4 nitrogen and oxygen atoms in total. The van der Waals surface area contributed by atoms with Crippen molar-refractivity contribution in [3.05, 3.63) is 0 Å². The Bertz CT molecular complexity index is 150. The van der Waals surface area contributed by atoms with Gasteiger partial charge in [0.05, 0.1) is 0 Å². The number of carboxylic acid groups (broad SMARTS) is 1. The van der Waals surface area contributed by atoms with Crippen molar-refractivity contribution in [3.63, 3.8) is 0 Å². The van der Waals surface area contributed by atoms with Crippen LogP contribution in [-0.2, 0) is 9.59 Å². The summed E-state index contributed by atoms with van der Waals surface area (Å²) in [6.07, 6.45) is 1.15. The number of hydrogen-bond acceptors (Lipinski definition) is 4. The molecule has 0 aromatic carbocycles. The largest absolute Gasteiger partial charge is 0.480 e. The highest BCUT2D eigenvalue weighted by Crippen LogP contribution is 1.91. The molecule has 0 aromatic rings. The summed E-state index contributed by atoms with van der Waals surface area (Å²) >= 11 is 3.64. The second-order valence-electron chi connectivity index (χ2n) is 1.26. The van der Waals surface area contributed by atoms with E-state index in [1.165, 1.54) is 0 Å². The van der Waals surface area contributed by atoms with Gasteiger partial charge in [-0.05, 0) is 0 Å². The van der Waals surface area contributed by atoms with Gasteiger partial charge in [0.25, 0.3) is 0 Å². The van der Waals surface area contributed by atoms with Crippen molar-refractivity contribution in [2.45, 2.75) is 6.04 Å². The molecule has 0 spiro atoms. The maximum atomic E-state index is 10.00. The summed E-state index contributed by atoms with van der Waals surface area (Å²) in [6, 6.07) is -1.05. The maximum Gasteiger partial charge on any atom is 0.330 e. The Morgan fingerprint density at radius 3 is 2.56 bits per heavy atom. The van der Waals surface area contributed by atoms with E-state index < -0.39 is 12.0 Å². The Morgan fingerprint density at radius 1 is 1.89 bits per heavy atom.